The van der Waals surface area contributed by atoms with Gasteiger partial charge in [0.1, 0.15) is 11.8 Å². The average molecular weight is 212 g/mol. The Labute approximate surface area is 94.3 Å². The Morgan fingerprint density at radius 1 is 1.25 bits per heavy atom. The van der Waals surface area contributed by atoms with E-state index in [0.29, 0.717) is 11.6 Å². The second-order valence-corrected chi connectivity index (χ2v) is 3.96. The van der Waals surface area contributed by atoms with Gasteiger partial charge in [-0.3, -0.25) is 0 Å². The molecule has 0 saturated carbocycles. The molecule has 0 spiro atoms. The number of hydrogen-bond donors (Lipinski definition) is 0. The lowest BCUT2D eigenvalue weighted by Crippen LogP contribution is -1.86. The second-order valence-electron chi connectivity index (χ2n) is 3.96. The summed E-state index contributed by atoms with van der Waals surface area (Å²) in [5, 5.41) is 12.5. The minimum Gasteiger partial charge on any atom is -0.345 e. The third-order valence-corrected chi connectivity index (χ3v) is 2.49. The Kier molecular flexibility index (Phi) is 2.74. The smallest absolute Gasteiger partial charge is 0.236 e. The molecule has 0 aliphatic rings. The van der Waals surface area contributed by atoms with E-state index in [4.69, 9.17) is 9.78 Å². The molecule has 0 fully saturated rings. The van der Waals surface area contributed by atoms with Crippen LogP contribution in [0.5, 0.6) is 0 Å². The number of aromatic nitrogens is 1. The first-order valence-electron chi connectivity index (χ1n) is 5.18. The van der Waals surface area contributed by atoms with Crippen molar-refractivity contribution in [3.63, 3.8) is 0 Å². The van der Waals surface area contributed by atoms with Crippen molar-refractivity contribution in [3.05, 3.63) is 41.7 Å². The van der Waals surface area contributed by atoms with Gasteiger partial charge in [-0.05, 0) is 11.5 Å². The van der Waals surface area contributed by atoms with Crippen molar-refractivity contribution in [2.45, 2.75) is 19.8 Å². The van der Waals surface area contributed by atoms with Crippen LogP contribution < -0.4 is 0 Å². The molecule has 2 aromatic rings. The van der Waals surface area contributed by atoms with Gasteiger partial charge in [-0.15, -0.1) is 0 Å². The summed E-state index contributed by atoms with van der Waals surface area (Å²) < 4.78 is 4.83. The fourth-order valence-electron chi connectivity index (χ4n) is 1.50. The van der Waals surface area contributed by atoms with Crippen molar-refractivity contribution in [3.8, 4) is 17.3 Å². The van der Waals surface area contributed by atoms with E-state index in [1.165, 1.54) is 5.56 Å². The first-order valence-corrected chi connectivity index (χ1v) is 5.18. The lowest BCUT2D eigenvalue weighted by atomic mass is 10.0. The molecule has 1 aromatic heterocycles. The van der Waals surface area contributed by atoms with Crippen molar-refractivity contribution < 1.29 is 4.52 Å². The number of nitrogens with zero attached hydrogens (tertiary/aromatic N) is 2. The standard InChI is InChI=1S/C13H12N2O/c1-9(2)10-3-5-11(6-4-10)13-7-12(8-14)16-15-13/h3-7,9H,1-2H3. The third-order valence-electron chi connectivity index (χ3n) is 2.49. The van der Waals surface area contributed by atoms with E-state index in [9.17, 15) is 0 Å². The molecule has 3 heteroatoms. The highest BCUT2D eigenvalue weighted by molar-refractivity contribution is 5.60. The van der Waals surface area contributed by atoms with Gasteiger partial charge >= 0.3 is 0 Å². The molecule has 0 aliphatic carbocycles. The fourth-order valence-corrected chi connectivity index (χ4v) is 1.50. The van der Waals surface area contributed by atoms with Crippen molar-refractivity contribution >= 4 is 0 Å². The van der Waals surface area contributed by atoms with Gasteiger partial charge in [0.25, 0.3) is 0 Å². The minimum absolute atomic E-state index is 0.239. The van der Waals surface area contributed by atoms with E-state index in [-0.39, 0.29) is 5.76 Å². The van der Waals surface area contributed by atoms with Crippen molar-refractivity contribution in [1.29, 1.82) is 5.26 Å². The van der Waals surface area contributed by atoms with Crippen LogP contribution in [0.3, 0.4) is 0 Å². The van der Waals surface area contributed by atoms with Crippen molar-refractivity contribution in [2.24, 2.45) is 0 Å². The molecule has 0 saturated heterocycles. The Morgan fingerprint density at radius 2 is 1.94 bits per heavy atom. The quantitative estimate of drug-likeness (QED) is 0.767. The molecular formula is C13H12N2O. The zero-order valence-corrected chi connectivity index (χ0v) is 9.27. The molecule has 0 amide bonds. The second kappa shape index (κ2) is 4.19. The van der Waals surface area contributed by atoms with E-state index in [0.717, 1.165) is 5.56 Å². The van der Waals surface area contributed by atoms with E-state index >= 15 is 0 Å². The maximum atomic E-state index is 8.63. The van der Waals surface area contributed by atoms with Crippen molar-refractivity contribution in [1.82, 2.24) is 5.16 Å². The zero-order chi connectivity index (χ0) is 11.5. The van der Waals surface area contributed by atoms with Crippen LogP contribution in [0.15, 0.2) is 34.9 Å². The van der Waals surface area contributed by atoms with E-state index < -0.39 is 0 Å². The minimum atomic E-state index is 0.239. The number of benzene rings is 1. The van der Waals surface area contributed by atoms with Crippen LogP contribution in [0, 0.1) is 11.3 Å². The van der Waals surface area contributed by atoms with Crippen LogP contribution in [-0.2, 0) is 0 Å². The average Bonchev–Trinajstić information content (AvgIpc) is 2.77. The summed E-state index contributed by atoms with van der Waals surface area (Å²) in [4.78, 5) is 0. The van der Waals surface area contributed by atoms with Gasteiger partial charge < -0.3 is 4.52 Å². The molecule has 0 radical (unpaired) electrons. The van der Waals surface area contributed by atoms with Gasteiger partial charge in [0.15, 0.2) is 0 Å². The van der Waals surface area contributed by atoms with Gasteiger partial charge in [0, 0.05) is 11.6 Å². The van der Waals surface area contributed by atoms with E-state index in [1.54, 1.807) is 6.07 Å². The molecule has 0 N–H and O–H groups in total. The lowest BCUT2D eigenvalue weighted by molar-refractivity contribution is 0.412. The molecule has 16 heavy (non-hydrogen) atoms. The Hall–Kier alpha value is -2.08. The van der Waals surface area contributed by atoms with Gasteiger partial charge in [-0.25, -0.2) is 0 Å². The molecule has 1 heterocycles. The Balaban J connectivity index is 2.31. The number of hydrogen-bond acceptors (Lipinski definition) is 3. The molecule has 1 aromatic carbocycles. The summed E-state index contributed by atoms with van der Waals surface area (Å²) >= 11 is 0. The predicted octanol–water partition coefficient (Wildman–Crippen LogP) is 3.34. The monoisotopic (exact) mass is 212 g/mol. The Morgan fingerprint density at radius 3 is 2.44 bits per heavy atom. The third kappa shape index (κ3) is 1.96. The zero-order valence-electron chi connectivity index (χ0n) is 9.27. The summed E-state index contributed by atoms with van der Waals surface area (Å²) in [6.07, 6.45) is 0. The van der Waals surface area contributed by atoms with E-state index in [1.807, 2.05) is 18.2 Å². The highest BCUT2D eigenvalue weighted by Crippen LogP contribution is 2.22. The van der Waals surface area contributed by atoms with Crippen molar-refractivity contribution in [2.75, 3.05) is 0 Å². The topological polar surface area (TPSA) is 49.8 Å². The largest absolute Gasteiger partial charge is 0.345 e. The highest BCUT2D eigenvalue weighted by Gasteiger charge is 2.06. The highest BCUT2D eigenvalue weighted by atomic mass is 16.5. The van der Waals surface area contributed by atoms with Gasteiger partial charge in [0.2, 0.25) is 5.76 Å². The number of rotatable bonds is 2. The SMILES string of the molecule is CC(C)c1ccc(-c2cc(C#N)on2)cc1. The summed E-state index contributed by atoms with van der Waals surface area (Å²) in [5.41, 5.74) is 2.95. The molecule has 0 unspecified atom stereocenters. The maximum absolute atomic E-state index is 8.63. The first kappa shape index (κ1) is 10.4. The predicted molar refractivity (Wildman–Crippen MR) is 60.7 cm³/mol. The van der Waals surface area contributed by atoms with E-state index in [2.05, 4.69) is 31.1 Å². The summed E-state index contributed by atoms with van der Waals surface area (Å²) in [5.74, 6) is 0.754. The summed E-state index contributed by atoms with van der Waals surface area (Å²) in [7, 11) is 0. The molecule has 3 nitrogen and oxygen atoms in total. The maximum Gasteiger partial charge on any atom is 0.236 e. The Bertz CT molecular complexity index is 518. The van der Waals surface area contributed by atoms with Crippen LogP contribution >= 0.6 is 0 Å². The molecule has 0 bridgehead atoms. The van der Waals surface area contributed by atoms with Crippen LogP contribution in [0.1, 0.15) is 31.1 Å². The molecule has 80 valence electrons. The summed E-state index contributed by atoms with van der Waals surface area (Å²) in [6, 6.07) is 11.7. The normalized spacial score (nSPS) is 10.4. The number of nitriles is 1. The molecule has 2 rings (SSSR count). The first-order chi connectivity index (χ1) is 7.70. The molecular weight excluding hydrogens is 200 g/mol. The van der Waals surface area contributed by atoms with Gasteiger partial charge in [0.05, 0.1) is 0 Å². The van der Waals surface area contributed by atoms with Gasteiger partial charge in [-0.2, -0.15) is 5.26 Å². The molecule has 0 atom stereocenters. The van der Waals surface area contributed by atoms with Crippen LogP contribution in [-0.4, -0.2) is 5.16 Å². The van der Waals surface area contributed by atoms with Crippen LogP contribution in [0.4, 0.5) is 0 Å². The lowest BCUT2D eigenvalue weighted by Gasteiger charge is -2.04. The van der Waals surface area contributed by atoms with Crippen LogP contribution in [0.2, 0.25) is 0 Å². The molecule has 0 aliphatic heterocycles. The fraction of sp³-hybridized carbons (Fsp3) is 0.231. The van der Waals surface area contributed by atoms with Gasteiger partial charge in [-0.1, -0.05) is 43.3 Å². The van der Waals surface area contributed by atoms with Crippen LogP contribution in [0.25, 0.3) is 11.3 Å². The summed E-state index contributed by atoms with van der Waals surface area (Å²) in [6.45, 7) is 4.30.